The largest absolute Gasteiger partial charge is 0.456 e. The van der Waals surface area contributed by atoms with Crippen molar-refractivity contribution in [2.24, 2.45) is 0 Å². The molecule has 0 radical (unpaired) electrons. The molecule has 1 N–H and O–H groups in total. The van der Waals surface area contributed by atoms with Gasteiger partial charge in [-0.25, -0.2) is 4.98 Å². The number of nitrogens with zero attached hydrogens (tertiary/aromatic N) is 2. The number of furan rings is 1. The van der Waals surface area contributed by atoms with Gasteiger partial charge in [0.05, 0.1) is 4.91 Å². The molecule has 2 amide bonds. The predicted octanol–water partition coefficient (Wildman–Crippen LogP) is 3.87. The Hall–Kier alpha value is -2.64. The van der Waals surface area contributed by atoms with Crippen molar-refractivity contribution in [1.82, 2.24) is 15.3 Å². The first-order valence-electron chi connectivity index (χ1n) is 6.84. The normalized spacial score (nSPS) is 16.1. The zero-order chi connectivity index (χ0) is 16.7. The number of hydrogen-bond acceptors (Lipinski definition) is 6. The van der Waals surface area contributed by atoms with Gasteiger partial charge in [0.25, 0.3) is 11.1 Å². The van der Waals surface area contributed by atoms with Gasteiger partial charge in [0, 0.05) is 35.6 Å². The number of carbonyl (C=O) groups is 2. The number of hydrogen-bond donors (Lipinski definition) is 1. The lowest BCUT2D eigenvalue weighted by Crippen LogP contribution is -2.17. The number of thioether (sulfide) groups is 1. The van der Waals surface area contributed by atoms with Crippen LogP contribution in [0.1, 0.15) is 5.76 Å². The first kappa shape index (κ1) is 14.9. The molecule has 4 rings (SSSR count). The molecule has 8 heteroatoms. The van der Waals surface area contributed by atoms with E-state index in [-0.39, 0.29) is 0 Å². The number of imide groups is 1. The number of amides is 2. The summed E-state index contributed by atoms with van der Waals surface area (Å²) in [5.41, 5.74) is 2.21. The molecule has 1 fully saturated rings. The Kier molecular flexibility index (Phi) is 3.59. The van der Waals surface area contributed by atoms with E-state index in [2.05, 4.69) is 15.3 Å². The number of halogens is 1. The third-order valence-corrected chi connectivity index (χ3v) is 4.41. The van der Waals surface area contributed by atoms with Gasteiger partial charge in [0.1, 0.15) is 16.5 Å². The summed E-state index contributed by atoms with van der Waals surface area (Å²) in [6.45, 7) is 0. The molecule has 0 saturated carbocycles. The second kappa shape index (κ2) is 5.77. The van der Waals surface area contributed by atoms with Crippen molar-refractivity contribution in [2.75, 3.05) is 0 Å². The summed E-state index contributed by atoms with van der Waals surface area (Å²) in [6.07, 6.45) is 6.48. The number of rotatable bonds is 2. The minimum absolute atomic E-state index is 0.292. The van der Waals surface area contributed by atoms with Gasteiger partial charge in [0.15, 0.2) is 0 Å². The number of pyridine rings is 2. The van der Waals surface area contributed by atoms with Crippen LogP contribution in [0.15, 0.2) is 46.1 Å². The Labute approximate surface area is 144 Å². The minimum Gasteiger partial charge on any atom is -0.456 e. The molecule has 0 aliphatic carbocycles. The summed E-state index contributed by atoms with van der Waals surface area (Å²) in [6, 6.07) is 5.29. The molecule has 24 heavy (non-hydrogen) atoms. The Morgan fingerprint density at radius 1 is 1.25 bits per heavy atom. The van der Waals surface area contributed by atoms with Crippen molar-refractivity contribution in [3.05, 3.63) is 52.6 Å². The van der Waals surface area contributed by atoms with E-state index < -0.39 is 11.1 Å². The van der Waals surface area contributed by atoms with E-state index in [4.69, 9.17) is 16.0 Å². The first-order chi connectivity index (χ1) is 11.6. The molecular formula is C16H8ClN3O3S. The third kappa shape index (κ3) is 2.68. The molecule has 3 aromatic rings. The molecule has 1 saturated heterocycles. The van der Waals surface area contributed by atoms with E-state index in [1.165, 1.54) is 6.08 Å². The Bertz CT molecular complexity index is 1030. The molecule has 1 aliphatic heterocycles. The van der Waals surface area contributed by atoms with Gasteiger partial charge in [-0.2, -0.15) is 0 Å². The Balaban J connectivity index is 1.82. The van der Waals surface area contributed by atoms with Gasteiger partial charge < -0.3 is 4.42 Å². The zero-order valence-corrected chi connectivity index (χ0v) is 13.5. The average molecular weight is 358 g/mol. The van der Waals surface area contributed by atoms with Gasteiger partial charge in [0.2, 0.25) is 0 Å². The maximum atomic E-state index is 11.6. The second-order valence-corrected chi connectivity index (χ2v) is 6.38. The standard InChI is InChI=1S/C16H8ClN3O3S/c17-13-4-8(1-2-19-13)11-7-18-6-9-3-10(23-14(9)11)5-12-15(21)20-16(22)24-12/h1-7H,(H,20,21,22)/b12-5-. The molecule has 118 valence electrons. The minimum atomic E-state index is -0.426. The van der Waals surface area contributed by atoms with E-state index >= 15 is 0 Å². The van der Waals surface area contributed by atoms with E-state index in [1.807, 2.05) is 6.07 Å². The van der Waals surface area contributed by atoms with E-state index in [1.54, 1.807) is 30.7 Å². The number of carbonyl (C=O) groups excluding carboxylic acids is 2. The summed E-state index contributed by atoms with van der Waals surface area (Å²) in [5, 5.41) is 2.96. The first-order valence-corrected chi connectivity index (χ1v) is 8.04. The Morgan fingerprint density at radius 2 is 2.12 bits per heavy atom. The number of fused-ring (bicyclic) bond motifs is 1. The highest BCUT2D eigenvalue weighted by Crippen LogP contribution is 2.33. The second-order valence-electron chi connectivity index (χ2n) is 4.97. The van der Waals surface area contributed by atoms with Crippen LogP contribution in [0.2, 0.25) is 5.15 Å². The molecular weight excluding hydrogens is 350 g/mol. The molecule has 0 bridgehead atoms. The summed E-state index contributed by atoms with van der Waals surface area (Å²) in [4.78, 5) is 31.3. The van der Waals surface area contributed by atoms with E-state index in [0.717, 1.165) is 28.3 Å². The Morgan fingerprint density at radius 3 is 2.88 bits per heavy atom. The molecule has 0 atom stereocenters. The quantitative estimate of drug-likeness (QED) is 0.553. The van der Waals surface area contributed by atoms with Gasteiger partial charge in [-0.1, -0.05) is 11.6 Å². The van der Waals surface area contributed by atoms with Crippen molar-refractivity contribution in [3.63, 3.8) is 0 Å². The number of nitrogens with one attached hydrogen (secondary N) is 1. The van der Waals surface area contributed by atoms with Crippen LogP contribution in [-0.4, -0.2) is 21.1 Å². The highest BCUT2D eigenvalue weighted by atomic mass is 35.5. The highest BCUT2D eigenvalue weighted by Gasteiger charge is 2.25. The fraction of sp³-hybridized carbons (Fsp3) is 0. The lowest BCUT2D eigenvalue weighted by Gasteiger charge is -2.01. The molecule has 1 aliphatic rings. The smallest absolute Gasteiger partial charge is 0.290 e. The maximum absolute atomic E-state index is 11.6. The average Bonchev–Trinajstić information content (AvgIpc) is 3.09. The fourth-order valence-electron chi connectivity index (χ4n) is 2.38. The molecule has 0 spiro atoms. The molecule has 3 aromatic heterocycles. The van der Waals surface area contributed by atoms with E-state index in [0.29, 0.717) is 21.4 Å². The summed E-state index contributed by atoms with van der Waals surface area (Å²) in [5.74, 6) is 0.0384. The summed E-state index contributed by atoms with van der Waals surface area (Å²) < 4.78 is 5.85. The summed E-state index contributed by atoms with van der Waals surface area (Å²) >= 11 is 6.78. The van der Waals surface area contributed by atoms with Crippen LogP contribution in [0.4, 0.5) is 4.79 Å². The van der Waals surface area contributed by atoms with Gasteiger partial charge in [-0.3, -0.25) is 19.9 Å². The molecule has 6 nitrogen and oxygen atoms in total. The van der Waals surface area contributed by atoms with E-state index in [9.17, 15) is 9.59 Å². The topological polar surface area (TPSA) is 85.1 Å². The number of aromatic nitrogens is 2. The predicted molar refractivity (Wildman–Crippen MR) is 91.4 cm³/mol. The molecule has 0 aromatic carbocycles. The molecule has 4 heterocycles. The summed E-state index contributed by atoms with van der Waals surface area (Å²) in [7, 11) is 0. The van der Waals surface area contributed by atoms with Gasteiger partial charge >= 0.3 is 0 Å². The molecule has 0 unspecified atom stereocenters. The van der Waals surface area contributed by atoms with Crippen LogP contribution in [0.5, 0.6) is 0 Å². The SMILES string of the molecule is O=C1NC(=O)/C(=C/c2cc3cncc(-c4ccnc(Cl)c4)c3o2)S1. The van der Waals surface area contributed by atoms with Crippen molar-refractivity contribution in [2.45, 2.75) is 0 Å². The van der Waals surface area contributed by atoms with Gasteiger partial charge in [-0.05, 0) is 35.5 Å². The third-order valence-electron chi connectivity index (χ3n) is 3.39. The van der Waals surface area contributed by atoms with Crippen LogP contribution in [-0.2, 0) is 4.79 Å². The van der Waals surface area contributed by atoms with Crippen LogP contribution < -0.4 is 5.32 Å². The lowest BCUT2D eigenvalue weighted by molar-refractivity contribution is -0.115. The van der Waals surface area contributed by atoms with Gasteiger partial charge in [-0.15, -0.1) is 0 Å². The fourth-order valence-corrected chi connectivity index (χ4v) is 3.22. The maximum Gasteiger partial charge on any atom is 0.290 e. The van der Waals surface area contributed by atoms with Crippen LogP contribution in [0.25, 0.3) is 28.2 Å². The zero-order valence-electron chi connectivity index (χ0n) is 11.9. The van der Waals surface area contributed by atoms with Crippen LogP contribution in [0, 0.1) is 0 Å². The highest BCUT2D eigenvalue weighted by molar-refractivity contribution is 8.18. The van der Waals surface area contributed by atoms with Crippen LogP contribution >= 0.6 is 23.4 Å². The monoisotopic (exact) mass is 357 g/mol. The van der Waals surface area contributed by atoms with Crippen LogP contribution in [0.3, 0.4) is 0 Å². The van der Waals surface area contributed by atoms with Crippen molar-refractivity contribution < 1.29 is 14.0 Å². The van der Waals surface area contributed by atoms with Crippen molar-refractivity contribution in [1.29, 1.82) is 0 Å². The van der Waals surface area contributed by atoms with Crippen molar-refractivity contribution in [3.8, 4) is 11.1 Å². The van der Waals surface area contributed by atoms with Crippen molar-refractivity contribution >= 4 is 51.6 Å². The lowest BCUT2D eigenvalue weighted by atomic mass is 10.1.